The van der Waals surface area contributed by atoms with E-state index in [2.05, 4.69) is 4.99 Å². The average Bonchev–Trinajstić information content (AvgIpc) is 2.63. The highest BCUT2D eigenvalue weighted by Crippen LogP contribution is 2.10. The summed E-state index contributed by atoms with van der Waals surface area (Å²) in [7, 11) is 0. The van der Waals surface area contributed by atoms with Gasteiger partial charge in [-0.15, -0.1) is 0 Å². The van der Waals surface area contributed by atoms with Gasteiger partial charge in [0.1, 0.15) is 12.4 Å². The third-order valence-corrected chi connectivity index (χ3v) is 1.83. The molecule has 1 heterocycles. The summed E-state index contributed by atoms with van der Waals surface area (Å²) in [6, 6.07) is 9.26. The van der Waals surface area contributed by atoms with Crippen LogP contribution in [0, 0.1) is 0 Å². The van der Waals surface area contributed by atoms with Crippen LogP contribution in [0.5, 0.6) is 5.75 Å². The van der Waals surface area contributed by atoms with Gasteiger partial charge in [-0.1, -0.05) is 18.2 Å². The van der Waals surface area contributed by atoms with E-state index in [1.165, 1.54) is 0 Å². The number of hydrogen-bond acceptors (Lipinski definition) is 3. The lowest BCUT2D eigenvalue weighted by Gasteiger charge is -2.09. The summed E-state index contributed by atoms with van der Waals surface area (Å²) in [4.78, 5) is 14.5. The first-order valence-corrected chi connectivity index (χ1v) is 4.26. The molecule has 1 aromatic rings. The van der Waals surface area contributed by atoms with Gasteiger partial charge < -0.3 is 9.47 Å². The number of amides is 1. The molecule has 1 aliphatic heterocycles. The van der Waals surface area contributed by atoms with Crippen LogP contribution < -0.4 is 4.74 Å². The number of ether oxygens (including phenoxy) is 2. The van der Waals surface area contributed by atoms with Crippen LogP contribution in [0.1, 0.15) is 0 Å². The van der Waals surface area contributed by atoms with E-state index in [9.17, 15) is 4.79 Å². The lowest BCUT2D eigenvalue weighted by atomic mass is 10.3. The maximum Gasteiger partial charge on any atom is 0.293 e. The van der Waals surface area contributed by atoms with Gasteiger partial charge in [-0.2, -0.15) is 4.99 Å². The highest BCUT2D eigenvalue weighted by Gasteiger charge is 2.23. The Hall–Kier alpha value is -1.84. The van der Waals surface area contributed by atoms with Crippen molar-refractivity contribution in [3.05, 3.63) is 30.3 Å². The summed E-state index contributed by atoms with van der Waals surface area (Å²) in [5, 5.41) is 0. The first kappa shape index (κ1) is 8.74. The van der Waals surface area contributed by atoms with Crippen molar-refractivity contribution in [3.8, 4) is 5.75 Å². The second-order valence-corrected chi connectivity index (χ2v) is 2.82. The fraction of sp³-hybridized carbons (Fsp3) is 0.200. The number of hydrogen-bond donors (Lipinski definition) is 0. The van der Waals surface area contributed by atoms with Gasteiger partial charge >= 0.3 is 0 Å². The fourth-order valence-electron chi connectivity index (χ4n) is 1.10. The molecule has 1 atom stereocenters. The predicted octanol–water partition coefficient (Wildman–Crippen LogP) is 1.02. The van der Waals surface area contributed by atoms with Crippen molar-refractivity contribution in [1.29, 1.82) is 0 Å². The topological polar surface area (TPSA) is 47.9 Å². The van der Waals surface area contributed by atoms with E-state index in [1.807, 2.05) is 30.3 Å². The molecule has 4 heteroatoms. The molecule has 1 amide bonds. The highest BCUT2D eigenvalue weighted by molar-refractivity contribution is 5.91. The Morgan fingerprint density at radius 1 is 1.36 bits per heavy atom. The largest absolute Gasteiger partial charge is 0.489 e. The molecular weight excluding hydrogens is 182 g/mol. The first-order valence-electron chi connectivity index (χ1n) is 4.26. The van der Waals surface area contributed by atoms with Crippen molar-refractivity contribution < 1.29 is 14.3 Å². The van der Waals surface area contributed by atoms with Crippen molar-refractivity contribution in [2.75, 3.05) is 6.61 Å². The van der Waals surface area contributed by atoms with E-state index >= 15 is 0 Å². The van der Waals surface area contributed by atoms with Gasteiger partial charge in [0, 0.05) is 0 Å². The molecule has 72 valence electrons. The second-order valence-electron chi connectivity index (χ2n) is 2.82. The van der Waals surface area contributed by atoms with Crippen molar-refractivity contribution in [1.82, 2.24) is 0 Å². The summed E-state index contributed by atoms with van der Waals surface area (Å²) in [5.41, 5.74) is 0. The minimum absolute atomic E-state index is 0.197. The van der Waals surface area contributed by atoms with E-state index in [4.69, 9.17) is 9.47 Å². The Morgan fingerprint density at radius 2 is 2.14 bits per heavy atom. The molecule has 4 nitrogen and oxygen atoms in total. The number of carbonyl (C=O) groups excluding carboxylic acids is 1. The van der Waals surface area contributed by atoms with Crippen LogP contribution in [0.4, 0.5) is 0 Å². The van der Waals surface area contributed by atoms with Crippen LogP contribution in [0.2, 0.25) is 0 Å². The number of nitrogens with zero attached hydrogens (tertiary/aromatic N) is 1. The molecular formula is C10H9NO3. The van der Waals surface area contributed by atoms with Gasteiger partial charge in [0.2, 0.25) is 6.10 Å². The standard InChI is InChI=1S/C10H9NO3/c12-10-9(14-7-11-10)6-13-8-4-2-1-3-5-8/h1-5,7,9H,6H2. The molecule has 0 bridgehead atoms. The van der Waals surface area contributed by atoms with Crippen LogP contribution in [0.15, 0.2) is 35.3 Å². The molecule has 0 fully saturated rings. The average molecular weight is 191 g/mol. The monoisotopic (exact) mass is 191 g/mol. The third kappa shape index (κ3) is 1.90. The molecule has 1 aromatic carbocycles. The van der Waals surface area contributed by atoms with E-state index in [-0.39, 0.29) is 12.5 Å². The SMILES string of the molecule is O=C1N=COC1COc1ccccc1. The minimum Gasteiger partial charge on any atom is -0.489 e. The van der Waals surface area contributed by atoms with Crippen LogP contribution >= 0.6 is 0 Å². The Kier molecular flexibility index (Phi) is 2.44. The zero-order valence-corrected chi connectivity index (χ0v) is 7.42. The van der Waals surface area contributed by atoms with Crippen LogP contribution in [-0.2, 0) is 9.53 Å². The molecule has 0 aromatic heterocycles. The molecule has 0 saturated carbocycles. The lowest BCUT2D eigenvalue weighted by molar-refractivity contribution is -0.123. The number of para-hydroxylation sites is 1. The highest BCUT2D eigenvalue weighted by atomic mass is 16.5. The predicted molar refractivity (Wildman–Crippen MR) is 50.3 cm³/mol. The maximum absolute atomic E-state index is 11.0. The molecule has 1 unspecified atom stereocenters. The Morgan fingerprint density at radius 3 is 2.79 bits per heavy atom. The summed E-state index contributed by atoms with van der Waals surface area (Å²) in [5.74, 6) is 0.428. The third-order valence-electron chi connectivity index (χ3n) is 1.83. The van der Waals surface area contributed by atoms with Crippen LogP contribution in [0.3, 0.4) is 0 Å². The van der Waals surface area contributed by atoms with Crippen molar-refractivity contribution in [2.24, 2.45) is 4.99 Å². The van der Waals surface area contributed by atoms with Crippen molar-refractivity contribution in [3.63, 3.8) is 0 Å². The molecule has 14 heavy (non-hydrogen) atoms. The lowest BCUT2D eigenvalue weighted by Crippen LogP contribution is -2.24. The summed E-state index contributed by atoms with van der Waals surface area (Å²) >= 11 is 0. The second kappa shape index (κ2) is 3.91. The van der Waals surface area contributed by atoms with Crippen LogP contribution in [0.25, 0.3) is 0 Å². The minimum atomic E-state index is -0.588. The molecule has 0 radical (unpaired) electrons. The summed E-state index contributed by atoms with van der Waals surface area (Å²) in [6.07, 6.45) is 0.566. The van der Waals surface area contributed by atoms with Gasteiger partial charge in [-0.3, -0.25) is 4.79 Å². The maximum atomic E-state index is 11.0. The molecule has 1 aliphatic rings. The number of aliphatic imine (C=N–C) groups is 1. The number of rotatable bonds is 3. The van der Waals surface area contributed by atoms with Crippen molar-refractivity contribution >= 4 is 12.3 Å². The van der Waals surface area contributed by atoms with E-state index in [1.54, 1.807) is 0 Å². The van der Waals surface area contributed by atoms with Crippen molar-refractivity contribution in [2.45, 2.75) is 6.10 Å². The van der Waals surface area contributed by atoms with E-state index in [0.29, 0.717) is 0 Å². The molecule has 0 spiro atoms. The Labute approximate surface area is 81.2 Å². The summed E-state index contributed by atoms with van der Waals surface area (Å²) < 4.78 is 10.3. The van der Waals surface area contributed by atoms with Gasteiger partial charge in [-0.05, 0) is 12.1 Å². The number of benzene rings is 1. The quantitative estimate of drug-likeness (QED) is 0.716. The van der Waals surface area contributed by atoms with Gasteiger partial charge in [-0.25, -0.2) is 0 Å². The summed E-state index contributed by atoms with van der Waals surface area (Å²) in [6.45, 7) is 0.197. The van der Waals surface area contributed by atoms with Gasteiger partial charge in [0.15, 0.2) is 6.40 Å². The smallest absolute Gasteiger partial charge is 0.293 e. The molecule has 2 rings (SSSR count). The Bertz CT molecular complexity index is 348. The van der Waals surface area contributed by atoms with E-state index < -0.39 is 6.10 Å². The van der Waals surface area contributed by atoms with E-state index in [0.717, 1.165) is 12.2 Å². The van der Waals surface area contributed by atoms with Crippen LogP contribution in [-0.4, -0.2) is 25.0 Å². The van der Waals surface area contributed by atoms with Gasteiger partial charge in [0.05, 0.1) is 0 Å². The fourth-order valence-corrected chi connectivity index (χ4v) is 1.10. The Balaban J connectivity index is 1.86. The normalized spacial score (nSPS) is 19.4. The number of carbonyl (C=O) groups is 1. The zero-order valence-electron chi connectivity index (χ0n) is 7.42. The first-order chi connectivity index (χ1) is 6.86. The molecule has 0 N–H and O–H groups in total. The molecule has 0 saturated heterocycles. The van der Waals surface area contributed by atoms with Gasteiger partial charge in [0.25, 0.3) is 5.91 Å². The molecule has 0 aliphatic carbocycles. The zero-order chi connectivity index (χ0) is 9.80.